The minimum atomic E-state index is -5.15. The molecule has 0 heterocycles. The maximum absolute atomic E-state index is 12.9. The molecule has 8 atom stereocenters. The van der Waals surface area contributed by atoms with Gasteiger partial charge in [-0.25, -0.2) is 4.57 Å². The number of aliphatic hydroxyl groups is 7. The molecule has 326 valence electrons. The highest BCUT2D eigenvalue weighted by Crippen LogP contribution is 2.47. The molecule has 0 aromatic carbocycles. The van der Waals surface area contributed by atoms with Crippen LogP contribution < -0.4 is 5.32 Å². The van der Waals surface area contributed by atoms with E-state index >= 15 is 0 Å². The van der Waals surface area contributed by atoms with Crippen LogP contribution in [0.3, 0.4) is 0 Å². The van der Waals surface area contributed by atoms with Crippen LogP contribution in [0.2, 0.25) is 0 Å². The third-order valence-corrected chi connectivity index (χ3v) is 10.8. The molecule has 0 aromatic heterocycles. The Morgan fingerprint density at radius 1 is 0.625 bits per heavy atom. The molecule has 1 amide bonds. The topological polar surface area (TPSA) is 226 Å². The maximum Gasteiger partial charge on any atom is 0.472 e. The normalized spacial score (nSPS) is 24.7. The minimum Gasteiger partial charge on any atom is -0.393 e. The van der Waals surface area contributed by atoms with Gasteiger partial charge in [0.25, 0.3) is 0 Å². The van der Waals surface area contributed by atoms with Gasteiger partial charge >= 0.3 is 7.82 Å². The van der Waals surface area contributed by atoms with Crippen LogP contribution in [0.1, 0.15) is 149 Å². The number of aliphatic hydroxyl groups excluding tert-OH is 7. The summed E-state index contributed by atoms with van der Waals surface area (Å²) in [4.78, 5) is 23.3. The predicted octanol–water partition coefficient (Wildman–Crippen LogP) is 5.97. The molecule has 13 nitrogen and oxygen atoms in total. The first-order chi connectivity index (χ1) is 26.8. The van der Waals surface area contributed by atoms with Gasteiger partial charge in [-0.15, -0.1) is 0 Å². The number of amides is 1. The van der Waals surface area contributed by atoms with Crippen molar-refractivity contribution in [2.45, 2.75) is 204 Å². The predicted molar refractivity (Wildman–Crippen MR) is 219 cm³/mol. The number of carbonyl (C=O) groups excluding carboxylic acids is 1. The summed E-state index contributed by atoms with van der Waals surface area (Å²) in [5.41, 5.74) is 0. The van der Waals surface area contributed by atoms with Gasteiger partial charge in [-0.05, 0) is 64.2 Å². The standard InChI is InChI=1S/C42H76NO12P/c1-3-5-7-9-11-13-14-15-16-17-18-19-20-21-22-24-26-28-30-35(45)34(43-36(46)31-33(44)29-27-25-23-12-10-8-6-4-2)32-54-56(52,53)55-42-40(50)38(48)37(47)39(49)41(42)51/h10,12,17-18,21-22,28,30,33-35,37-42,44-45,47-51H,3-9,11,13-16,19-20,23-27,29,31-32H2,1-2H3,(H,43,46)(H,52,53)/b12-10-,18-17+,22-21+,30-28+. The second kappa shape index (κ2) is 32.2. The zero-order valence-corrected chi connectivity index (χ0v) is 34.9. The van der Waals surface area contributed by atoms with Gasteiger partial charge in [-0.2, -0.15) is 0 Å². The van der Waals surface area contributed by atoms with E-state index in [2.05, 4.69) is 55.6 Å². The Labute approximate surface area is 336 Å². The number of phosphoric ester groups is 1. The summed E-state index contributed by atoms with van der Waals surface area (Å²) >= 11 is 0. The van der Waals surface area contributed by atoms with Crippen molar-refractivity contribution < 1.29 is 59.0 Å². The zero-order chi connectivity index (χ0) is 41.6. The van der Waals surface area contributed by atoms with Crippen LogP contribution in [0.5, 0.6) is 0 Å². The van der Waals surface area contributed by atoms with Gasteiger partial charge in [0, 0.05) is 0 Å². The fourth-order valence-corrected chi connectivity index (χ4v) is 7.28. The monoisotopic (exact) mass is 818 g/mol. The summed E-state index contributed by atoms with van der Waals surface area (Å²) in [7, 11) is -5.15. The van der Waals surface area contributed by atoms with E-state index in [1.54, 1.807) is 6.08 Å². The summed E-state index contributed by atoms with van der Waals surface area (Å²) in [6.45, 7) is 3.62. The Kier molecular flexibility index (Phi) is 30.0. The van der Waals surface area contributed by atoms with Crippen LogP contribution in [0.4, 0.5) is 0 Å². The number of rotatable bonds is 33. The fraction of sp³-hybridized carbons (Fsp3) is 0.786. The first kappa shape index (κ1) is 52.3. The molecule has 9 N–H and O–H groups in total. The Morgan fingerprint density at radius 2 is 1.07 bits per heavy atom. The highest BCUT2D eigenvalue weighted by molar-refractivity contribution is 7.47. The minimum absolute atomic E-state index is 0.274. The Balaban J connectivity index is 2.65. The fourth-order valence-electron chi connectivity index (χ4n) is 6.31. The first-order valence-electron chi connectivity index (χ1n) is 21.2. The number of carbonyl (C=O) groups is 1. The van der Waals surface area contributed by atoms with Gasteiger partial charge in [0.2, 0.25) is 5.91 Å². The van der Waals surface area contributed by atoms with E-state index in [-0.39, 0.29) is 6.42 Å². The van der Waals surface area contributed by atoms with Gasteiger partial charge < -0.3 is 46.0 Å². The molecule has 1 saturated carbocycles. The smallest absolute Gasteiger partial charge is 0.393 e. The molecule has 1 aliphatic rings. The van der Waals surface area contributed by atoms with Crippen LogP contribution in [-0.2, 0) is 18.4 Å². The third-order valence-electron chi connectivity index (χ3n) is 9.86. The molecule has 1 aliphatic carbocycles. The van der Waals surface area contributed by atoms with Crippen LogP contribution in [0.25, 0.3) is 0 Å². The van der Waals surface area contributed by atoms with E-state index in [1.807, 2.05) is 0 Å². The molecule has 56 heavy (non-hydrogen) atoms. The van der Waals surface area contributed by atoms with E-state index in [0.717, 1.165) is 51.4 Å². The molecule has 14 heteroatoms. The molecule has 1 rings (SSSR count). The Bertz CT molecular complexity index is 1150. The van der Waals surface area contributed by atoms with E-state index in [0.29, 0.717) is 25.7 Å². The molecule has 8 unspecified atom stereocenters. The lowest BCUT2D eigenvalue weighted by Crippen LogP contribution is -2.64. The van der Waals surface area contributed by atoms with Crippen molar-refractivity contribution in [1.82, 2.24) is 5.32 Å². The first-order valence-corrected chi connectivity index (χ1v) is 22.7. The van der Waals surface area contributed by atoms with E-state index < -0.39 is 75.2 Å². The van der Waals surface area contributed by atoms with Crippen molar-refractivity contribution in [1.29, 1.82) is 0 Å². The molecule has 0 saturated heterocycles. The average molecular weight is 818 g/mol. The lowest BCUT2D eigenvalue weighted by molar-refractivity contribution is -0.220. The van der Waals surface area contributed by atoms with Crippen molar-refractivity contribution >= 4 is 13.7 Å². The number of unbranched alkanes of at least 4 members (excludes halogenated alkanes) is 14. The van der Waals surface area contributed by atoms with Gasteiger partial charge in [-0.3, -0.25) is 13.8 Å². The van der Waals surface area contributed by atoms with Crippen molar-refractivity contribution in [2.75, 3.05) is 6.61 Å². The van der Waals surface area contributed by atoms with Crippen molar-refractivity contribution in [3.05, 3.63) is 48.6 Å². The second-order valence-corrected chi connectivity index (χ2v) is 16.4. The highest BCUT2D eigenvalue weighted by Gasteiger charge is 2.51. The largest absolute Gasteiger partial charge is 0.472 e. The van der Waals surface area contributed by atoms with Gasteiger partial charge in [0.1, 0.15) is 36.6 Å². The summed E-state index contributed by atoms with van der Waals surface area (Å²) in [5.74, 6) is -0.625. The van der Waals surface area contributed by atoms with Gasteiger partial charge in [0.15, 0.2) is 0 Å². The van der Waals surface area contributed by atoms with Crippen LogP contribution in [0.15, 0.2) is 48.6 Å². The van der Waals surface area contributed by atoms with Gasteiger partial charge in [-0.1, -0.05) is 127 Å². The number of hydrogen-bond acceptors (Lipinski definition) is 11. The van der Waals surface area contributed by atoms with E-state index in [1.165, 1.54) is 57.4 Å². The van der Waals surface area contributed by atoms with Crippen LogP contribution >= 0.6 is 7.82 Å². The Morgan fingerprint density at radius 3 is 1.62 bits per heavy atom. The van der Waals surface area contributed by atoms with E-state index in [4.69, 9.17) is 9.05 Å². The number of allylic oxidation sites excluding steroid dienone is 7. The lowest BCUT2D eigenvalue weighted by atomic mass is 9.85. The molecule has 0 aromatic rings. The highest BCUT2D eigenvalue weighted by atomic mass is 31.2. The summed E-state index contributed by atoms with van der Waals surface area (Å²) in [6, 6.07) is -1.27. The molecule has 1 fully saturated rings. The van der Waals surface area contributed by atoms with Crippen molar-refractivity contribution in [3.8, 4) is 0 Å². The maximum atomic E-state index is 12.9. The molecular weight excluding hydrogens is 741 g/mol. The lowest BCUT2D eigenvalue weighted by Gasteiger charge is -2.41. The van der Waals surface area contributed by atoms with Gasteiger partial charge in [0.05, 0.1) is 31.3 Å². The average Bonchev–Trinajstić information content (AvgIpc) is 3.17. The van der Waals surface area contributed by atoms with Crippen molar-refractivity contribution in [3.63, 3.8) is 0 Å². The third kappa shape index (κ3) is 24.2. The molecule has 0 spiro atoms. The SMILES string of the molecule is CCCC/C=C\CCCCC(O)CC(=O)NC(COP(=O)(O)OC1C(O)C(O)C(O)C(O)C1O)C(O)/C=C/CC/C=C/CC/C=C/CCCCCCCCCC. The molecule has 0 aliphatic heterocycles. The molecule has 0 radical (unpaired) electrons. The summed E-state index contributed by atoms with van der Waals surface area (Å²) in [5, 5.41) is 74.0. The molecular formula is C42H76NO12P. The summed E-state index contributed by atoms with van der Waals surface area (Å²) in [6.07, 6.45) is 22.4. The van der Waals surface area contributed by atoms with Crippen LogP contribution in [-0.4, -0.2) is 108 Å². The Hall–Kier alpha value is -1.74. The summed E-state index contributed by atoms with van der Waals surface area (Å²) < 4.78 is 22.7. The zero-order valence-electron chi connectivity index (χ0n) is 34.0. The molecule has 0 bridgehead atoms. The van der Waals surface area contributed by atoms with Crippen molar-refractivity contribution in [2.24, 2.45) is 0 Å². The number of hydrogen-bond donors (Lipinski definition) is 9. The van der Waals surface area contributed by atoms with Crippen LogP contribution in [0, 0.1) is 0 Å². The second-order valence-electron chi connectivity index (χ2n) is 15.0. The number of nitrogens with one attached hydrogen (secondary N) is 1. The van der Waals surface area contributed by atoms with E-state index in [9.17, 15) is 50.0 Å². The quantitative estimate of drug-likeness (QED) is 0.0212. The number of phosphoric acid groups is 1.